The molecule has 0 saturated carbocycles. The smallest absolute Gasteiger partial charge is 0.142 e. The molecule has 0 bridgehead atoms. The monoisotopic (exact) mass is 331 g/mol. The van der Waals surface area contributed by atoms with E-state index in [9.17, 15) is 5.11 Å². The number of nitrogens with one attached hydrogen (secondary N) is 1. The van der Waals surface area contributed by atoms with Crippen molar-refractivity contribution in [3.8, 4) is 5.75 Å². The molecule has 6 heteroatoms. The number of benzene rings is 1. The molecule has 22 heavy (non-hydrogen) atoms. The third kappa shape index (κ3) is 2.30. The summed E-state index contributed by atoms with van der Waals surface area (Å²) in [6.07, 6.45) is 6.20. The third-order valence-electron chi connectivity index (χ3n) is 3.96. The normalized spacial score (nSPS) is 14.0. The van der Waals surface area contributed by atoms with Crippen LogP contribution < -0.4 is 5.32 Å². The van der Waals surface area contributed by atoms with Crippen molar-refractivity contribution in [2.45, 2.75) is 25.7 Å². The lowest BCUT2D eigenvalue weighted by Crippen LogP contribution is -2.01. The van der Waals surface area contributed by atoms with E-state index in [-0.39, 0.29) is 5.75 Å². The first kappa shape index (κ1) is 13.8. The first-order valence-electron chi connectivity index (χ1n) is 7.23. The Morgan fingerprint density at radius 2 is 2.05 bits per heavy atom. The number of hydrogen-bond donors (Lipinski definition) is 2. The Bertz CT molecular complexity index is 862. The summed E-state index contributed by atoms with van der Waals surface area (Å²) in [7, 11) is 0. The van der Waals surface area contributed by atoms with E-state index in [1.807, 2.05) is 0 Å². The largest absolute Gasteiger partial charge is 0.506 e. The van der Waals surface area contributed by atoms with Gasteiger partial charge in [-0.25, -0.2) is 9.97 Å². The number of fused-ring (bicyclic) bond motifs is 3. The highest BCUT2D eigenvalue weighted by molar-refractivity contribution is 7.19. The van der Waals surface area contributed by atoms with Crippen LogP contribution in [0, 0.1) is 0 Å². The fourth-order valence-electron chi connectivity index (χ4n) is 2.92. The summed E-state index contributed by atoms with van der Waals surface area (Å²) >= 11 is 7.77. The molecule has 2 aromatic heterocycles. The highest BCUT2D eigenvalue weighted by Crippen LogP contribution is 2.39. The second-order valence-corrected chi connectivity index (χ2v) is 6.92. The maximum Gasteiger partial charge on any atom is 0.142 e. The van der Waals surface area contributed by atoms with Gasteiger partial charge in [0.25, 0.3) is 0 Å². The predicted molar refractivity (Wildman–Crippen MR) is 90.5 cm³/mol. The number of aryl methyl sites for hydroxylation is 2. The molecule has 0 saturated heterocycles. The Balaban J connectivity index is 1.84. The second-order valence-electron chi connectivity index (χ2n) is 5.40. The van der Waals surface area contributed by atoms with Crippen LogP contribution in [0.1, 0.15) is 23.3 Å². The Morgan fingerprint density at radius 1 is 1.18 bits per heavy atom. The average Bonchev–Trinajstić information content (AvgIpc) is 2.90. The minimum atomic E-state index is 0.153. The van der Waals surface area contributed by atoms with E-state index in [1.165, 1.54) is 23.3 Å². The fraction of sp³-hybridized carbons (Fsp3) is 0.250. The van der Waals surface area contributed by atoms with Crippen molar-refractivity contribution in [1.82, 2.24) is 9.97 Å². The van der Waals surface area contributed by atoms with Crippen LogP contribution in [0.15, 0.2) is 24.5 Å². The molecular weight excluding hydrogens is 318 g/mol. The summed E-state index contributed by atoms with van der Waals surface area (Å²) in [5.41, 5.74) is 1.92. The molecule has 0 unspecified atom stereocenters. The lowest BCUT2D eigenvalue weighted by molar-refractivity contribution is 0.478. The zero-order valence-corrected chi connectivity index (χ0v) is 13.3. The van der Waals surface area contributed by atoms with Crippen LogP contribution in [0.25, 0.3) is 10.2 Å². The molecule has 2 N–H and O–H groups in total. The molecule has 1 aliphatic rings. The minimum Gasteiger partial charge on any atom is -0.506 e. The SMILES string of the molecule is Oc1ccc(Cl)cc1Nc1ncnc2sc3c(c12)CCCC3. The van der Waals surface area contributed by atoms with Crippen molar-refractivity contribution in [2.24, 2.45) is 0 Å². The van der Waals surface area contributed by atoms with Gasteiger partial charge in [0, 0.05) is 9.90 Å². The molecule has 1 aromatic carbocycles. The fourth-order valence-corrected chi connectivity index (χ4v) is 4.32. The maximum absolute atomic E-state index is 10.00. The molecule has 1 aliphatic carbocycles. The van der Waals surface area contributed by atoms with Gasteiger partial charge in [0.1, 0.15) is 22.7 Å². The van der Waals surface area contributed by atoms with Crippen molar-refractivity contribution < 1.29 is 5.11 Å². The minimum absolute atomic E-state index is 0.153. The number of phenolic OH excluding ortho intramolecular Hbond substituents is 1. The maximum atomic E-state index is 10.00. The van der Waals surface area contributed by atoms with Crippen molar-refractivity contribution in [3.05, 3.63) is 40.0 Å². The molecule has 0 aliphatic heterocycles. The molecule has 4 rings (SSSR count). The number of nitrogens with zero attached hydrogens (tertiary/aromatic N) is 2. The number of phenols is 1. The van der Waals surface area contributed by atoms with Gasteiger partial charge in [-0.15, -0.1) is 11.3 Å². The van der Waals surface area contributed by atoms with Crippen LogP contribution in [0.2, 0.25) is 5.02 Å². The van der Waals surface area contributed by atoms with Gasteiger partial charge >= 0.3 is 0 Å². The summed E-state index contributed by atoms with van der Waals surface area (Å²) in [5, 5.41) is 14.9. The van der Waals surface area contributed by atoms with Gasteiger partial charge in [0.05, 0.1) is 11.1 Å². The van der Waals surface area contributed by atoms with Crippen LogP contribution in [-0.2, 0) is 12.8 Å². The van der Waals surface area contributed by atoms with Crippen LogP contribution in [0.5, 0.6) is 5.75 Å². The van der Waals surface area contributed by atoms with Crippen molar-refractivity contribution >= 4 is 44.7 Å². The standard InChI is InChI=1S/C16H14ClN3OS/c17-9-5-6-12(21)11(7-9)20-15-14-10-3-1-2-4-13(10)22-16(14)19-8-18-15/h5-8,21H,1-4H2,(H,18,19,20). The highest BCUT2D eigenvalue weighted by Gasteiger charge is 2.20. The second kappa shape index (κ2) is 5.41. The summed E-state index contributed by atoms with van der Waals surface area (Å²) < 4.78 is 0. The molecule has 0 spiro atoms. The topological polar surface area (TPSA) is 58.0 Å². The van der Waals surface area contributed by atoms with Gasteiger partial charge in [0.2, 0.25) is 0 Å². The number of halogens is 1. The summed E-state index contributed by atoms with van der Waals surface area (Å²) in [4.78, 5) is 11.2. The molecule has 0 radical (unpaired) electrons. The van der Waals surface area contributed by atoms with Crippen LogP contribution in [0.3, 0.4) is 0 Å². The number of hydrogen-bond acceptors (Lipinski definition) is 5. The molecule has 2 heterocycles. The van der Waals surface area contributed by atoms with E-state index in [0.717, 1.165) is 28.9 Å². The van der Waals surface area contributed by atoms with E-state index in [0.29, 0.717) is 10.7 Å². The van der Waals surface area contributed by atoms with Crippen LogP contribution in [-0.4, -0.2) is 15.1 Å². The Hall–Kier alpha value is -1.85. The van der Waals surface area contributed by atoms with Crippen molar-refractivity contribution in [1.29, 1.82) is 0 Å². The number of aromatic nitrogens is 2. The Labute approximate surface area is 136 Å². The average molecular weight is 332 g/mol. The Kier molecular flexibility index (Phi) is 3.39. The zero-order chi connectivity index (χ0) is 15.1. The lowest BCUT2D eigenvalue weighted by Gasteiger charge is -2.13. The Morgan fingerprint density at radius 3 is 2.95 bits per heavy atom. The molecule has 0 amide bonds. The quantitative estimate of drug-likeness (QED) is 0.670. The van der Waals surface area contributed by atoms with Crippen LogP contribution >= 0.6 is 22.9 Å². The van der Waals surface area contributed by atoms with Gasteiger partial charge in [-0.2, -0.15) is 0 Å². The summed E-state index contributed by atoms with van der Waals surface area (Å²) in [5.74, 6) is 0.891. The van der Waals surface area contributed by atoms with Crippen molar-refractivity contribution in [2.75, 3.05) is 5.32 Å². The molecule has 3 aromatic rings. The van der Waals surface area contributed by atoms with E-state index in [4.69, 9.17) is 11.6 Å². The van der Waals surface area contributed by atoms with Crippen LogP contribution in [0.4, 0.5) is 11.5 Å². The van der Waals surface area contributed by atoms with Gasteiger partial charge in [-0.1, -0.05) is 11.6 Å². The molecule has 0 atom stereocenters. The molecular formula is C16H14ClN3OS. The molecule has 4 nitrogen and oxygen atoms in total. The first-order chi connectivity index (χ1) is 10.7. The zero-order valence-electron chi connectivity index (χ0n) is 11.8. The van der Waals surface area contributed by atoms with Gasteiger partial charge in [0.15, 0.2) is 0 Å². The van der Waals surface area contributed by atoms with E-state index >= 15 is 0 Å². The first-order valence-corrected chi connectivity index (χ1v) is 8.42. The van der Waals surface area contributed by atoms with Crippen molar-refractivity contribution in [3.63, 3.8) is 0 Å². The van der Waals surface area contributed by atoms with E-state index < -0.39 is 0 Å². The summed E-state index contributed by atoms with van der Waals surface area (Å²) in [6, 6.07) is 4.93. The number of aromatic hydroxyl groups is 1. The molecule has 112 valence electrons. The molecule has 0 fully saturated rings. The van der Waals surface area contributed by atoms with E-state index in [2.05, 4.69) is 15.3 Å². The number of thiophene rings is 1. The number of rotatable bonds is 2. The summed E-state index contributed by atoms with van der Waals surface area (Å²) in [6.45, 7) is 0. The van der Waals surface area contributed by atoms with E-state index in [1.54, 1.807) is 35.9 Å². The predicted octanol–water partition coefficient (Wildman–Crippen LogP) is 4.67. The number of anilines is 2. The van der Waals surface area contributed by atoms with Gasteiger partial charge < -0.3 is 10.4 Å². The lowest BCUT2D eigenvalue weighted by atomic mass is 9.97. The van der Waals surface area contributed by atoms with Gasteiger partial charge in [-0.3, -0.25) is 0 Å². The highest BCUT2D eigenvalue weighted by atomic mass is 35.5. The third-order valence-corrected chi connectivity index (χ3v) is 5.40. The van der Waals surface area contributed by atoms with Gasteiger partial charge in [-0.05, 0) is 49.4 Å².